The van der Waals surface area contributed by atoms with Crippen LogP contribution in [0.3, 0.4) is 0 Å². The fourth-order valence-electron chi connectivity index (χ4n) is 1.35. The number of aromatic nitrogens is 1. The number of carbonyl (C=O) groups is 2. The lowest BCUT2D eigenvalue weighted by molar-refractivity contribution is 0.0690. The summed E-state index contributed by atoms with van der Waals surface area (Å²) in [6, 6.07) is 2.82. The summed E-state index contributed by atoms with van der Waals surface area (Å²) < 4.78 is 0. The molecule has 7 heteroatoms. The van der Waals surface area contributed by atoms with Gasteiger partial charge < -0.3 is 15.5 Å². The van der Waals surface area contributed by atoms with Crippen molar-refractivity contribution >= 4 is 23.6 Å². The molecule has 0 saturated heterocycles. The highest BCUT2D eigenvalue weighted by Crippen LogP contribution is 2.05. The van der Waals surface area contributed by atoms with Gasteiger partial charge in [-0.15, -0.1) is 0 Å². The average molecular weight is 284 g/mol. The Labute approximate surface area is 115 Å². The Balaban J connectivity index is 2.43. The summed E-state index contributed by atoms with van der Waals surface area (Å²) in [7, 11) is 0. The number of carboxylic acid groups (broad SMARTS) is 1. The Morgan fingerprint density at radius 3 is 2.84 bits per heavy atom. The zero-order valence-corrected chi connectivity index (χ0v) is 11.2. The number of aliphatic hydroxyl groups is 1. The van der Waals surface area contributed by atoms with Gasteiger partial charge in [-0.3, -0.25) is 9.78 Å². The van der Waals surface area contributed by atoms with Crippen LogP contribution >= 0.6 is 11.8 Å². The number of aromatic carboxylic acids is 1. The van der Waals surface area contributed by atoms with Crippen LogP contribution in [0.25, 0.3) is 0 Å². The topological polar surface area (TPSA) is 99.5 Å². The van der Waals surface area contributed by atoms with Gasteiger partial charge in [0, 0.05) is 25.1 Å². The molecule has 6 nitrogen and oxygen atoms in total. The normalized spacial score (nSPS) is 10.2. The first kappa shape index (κ1) is 15.5. The number of hydrogen-bond donors (Lipinski definition) is 3. The van der Waals surface area contributed by atoms with E-state index in [1.807, 2.05) is 0 Å². The van der Waals surface area contributed by atoms with Crippen LogP contribution in [0, 0.1) is 0 Å². The molecule has 1 heterocycles. The van der Waals surface area contributed by atoms with Crippen molar-refractivity contribution in [3.8, 4) is 0 Å². The monoisotopic (exact) mass is 284 g/mol. The van der Waals surface area contributed by atoms with Crippen molar-refractivity contribution in [1.29, 1.82) is 0 Å². The first-order valence-electron chi connectivity index (χ1n) is 5.82. The number of amides is 1. The summed E-state index contributed by atoms with van der Waals surface area (Å²) in [6.07, 6.45) is 2.11. The summed E-state index contributed by atoms with van der Waals surface area (Å²) in [6.45, 7) is 0.597. The van der Waals surface area contributed by atoms with Gasteiger partial charge in [0.1, 0.15) is 5.69 Å². The Hall–Kier alpha value is -1.60. The first-order valence-corrected chi connectivity index (χ1v) is 6.97. The van der Waals surface area contributed by atoms with Gasteiger partial charge in [-0.05, 0) is 24.3 Å². The van der Waals surface area contributed by atoms with Crippen LogP contribution in [0.1, 0.15) is 27.3 Å². The lowest BCUT2D eigenvalue weighted by Crippen LogP contribution is -2.28. The van der Waals surface area contributed by atoms with E-state index in [0.717, 1.165) is 12.2 Å². The van der Waals surface area contributed by atoms with Gasteiger partial charge in [0.15, 0.2) is 0 Å². The van der Waals surface area contributed by atoms with E-state index in [-0.39, 0.29) is 17.9 Å². The summed E-state index contributed by atoms with van der Waals surface area (Å²) in [4.78, 5) is 26.5. The lowest BCUT2D eigenvalue weighted by atomic mass is 10.2. The molecule has 1 amide bonds. The molecule has 1 rings (SSSR count). The van der Waals surface area contributed by atoms with Crippen LogP contribution in [-0.2, 0) is 0 Å². The molecule has 0 spiro atoms. The van der Waals surface area contributed by atoms with E-state index in [9.17, 15) is 9.59 Å². The van der Waals surface area contributed by atoms with Gasteiger partial charge in [0.25, 0.3) is 5.91 Å². The third-order valence-electron chi connectivity index (χ3n) is 2.23. The zero-order chi connectivity index (χ0) is 14.1. The van der Waals surface area contributed by atoms with Gasteiger partial charge in [0.05, 0.1) is 5.56 Å². The molecule has 104 valence electrons. The molecule has 1 aromatic heterocycles. The van der Waals surface area contributed by atoms with Crippen molar-refractivity contribution in [2.45, 2.75) is 6.42 Å². The summed E-state index contributed by atoms with van der Waals surface area (Å²) in [5, 5.41) is 20.2. The molecule has 0 aliphatic carbocycles. The number of nitrogens with zero attached hydrogens (tertiary/aromatic N) is 1. The number of hydrogen-bond acceptors (Lipinski definition) is 5. The van der Waals surface area contributed by atoms with Crippen molar-refractivity contribution in [1.82, 2.24) is 10.3 Å². The zero-order valence-electron chi connectivity index (χ0n) is 10.3. The first-order chi connectivity index (χ1) is 9.16. The molecular formula is C12H16N2O4S. The van der Waals surface area contributed by atoms with Crippen molar-refractivity contribution < 1.29 is 19.8 Å². The average Bonchev–Trinajstić information content (AvgIpc) is 2.42. The van der Waals surface area contributed by atoms with Crippen molar-refractivity contribution in [2.75, 3.05) is 24.7 Å². The number of carbonyl (C=O) groups excluding carboxylic acids is 1. The molecule has 0 aromatic carbocycles. The molecule has 0 atom stereocenters. The van der Waals surface area contributed by atoms with E-state index >= 15 is 0 Å². The highest BCUT2D eigenvalue weighted by molar-refractivity contribution is 7.99. The minimum Gasteiger partial charge on any atom is -0.478 e. The van der Waals surface area contributed by atoms with E-state index in [1.54, 1.807) is 11.8 Å². The van der Waals surface area contributed by atoms with Gasteiger partial charge in [0.2, 0.25) is 0 Å². The lowest BCUT2D eigenvalue weighted by Gasteiger charge is -2.06. The summed E-state index contributed by atoms with van der Waals surface area (Å²) in [5.74, 6) is -0.117. The molecule has 0 radical (unpaired) electrons. The molecule has 0 fully saturated rings. The SMILES string of the molecule is O=C(O)c1cccnc1C(=O)NCCSCCCO. The molecule has 0 aliphatic rings. The fourth-order valence-corrected chi connectivity index (χ4v) is 2.13. The molecule has 19 heavy (non-hydrogen) atoms. The van der Waals surface area contributed by atoms with Crippen LogP contribution in [0.5, 0.6) is 0 Å². The minimum atomic E-state index is -1.17. The van der Waals surface area contributed by atoms with Crippen LogP contribution in [-0.4, -0.2) is 51.7 Å². The maximum atomic E-state index is 11.8. The number of nitrogens with one attached hydrogen (secondary N) is 1. The smallest absolute Gasteiger partial charge is 0.338 e. The standard InChI is InChI=1S/C12H16N2O4S/c15-6-2-7-19-8-5-14-11(16)10-9(12(17)18)3-1-4-13-10/h1,3-4,15H,2,5-8H2,(H,14,16)(H,17,18). The molecule has 0 saturated carbocycles. The van der Waals surface area contributed by atoms with E-state index < -0.39 is 11.9 Å². The third-order valence-corrected chi connectivity index (χ3v) is 3.30. The van der Waals surface area contributed by atoms with E-state index in [2.05, 4.69) is 10.3 Å². The Bertz CT molecular complexity index is 439. The summed E-state index contributed by atoms with van der Waals surface area (Å²) >= 11 is 1.61. The Morgan fingerprint density at radius 2 is 2.16 bits per heavy atom. The molecule has 3 N–H and O–H groups in total. The van der Waals surface area contributed by atoms with Gasteiger partial charge in [-0.2, -0.15) is 11.8 Å². The van der Waals surface area contributed by atoms with Crippen LogP contribution in [0.15, 0.2) is 18.3 Å². The number of rotatable bonds is 8. The second-order valence-electron chi connectivity index (χ2n) is 3.65. The maximum absolute atomic E-state index is 11.8. The van der Waals surface area contributed by atoms with Crippen LogP contribution < -0.4 is 5.32 Å². The molecular weight excluding hydrogens is 268 g/mol. The van der Waals surface area contributed by atoms with Gasteiger partial charge in [-0.25, -0.2) is 4.79 Å². The van der Waals surface area contributed by atoms with Crippen molar-refractivity contribution in [3.63, 3.8) is 0 Å². The quantitative estimate of drug-likeness (QED) is 0.605. The third kappa shape index (κ3) is 5.27. The van der Waals surface area contributed by atoms with Crippen molar-refractivity contribution in [3.05, 3.63) is 29.6 Å². The van der Waals surface area contributed by atoms with Gasteiger partial charge >= 0.3 is 5.97 Å². The molecule has 0 aliphatic heterocycles. The maximum Gasteiger partial charge on any atom is 0.338 e. The Morgan fingerprint density at radius 1 is 1.37 bits per heavy atom. The van der Waals surface area contributed by atoms with E-state index in [0.29, 0.717) is 12.3 Å². The molecule has 0 bridgehead atoms. The second kappa shape index (κ2) is 8.49. The minimum absolute atomic E-state index is 0.0737. The van der Waals surface area contributed by atoms with Crippen LogP contribution in [0.4, 0.5) is 0 Å². The highest BCUT2D eigenvalue weighted by Gasteiger charge is 2.16. The molecule has 1 aromatic rings. The highest BCUT2D eigenvalue weighted by atomic mass is 32.2. The largest absolute Gasteiger partial charge is 0.478 e. The number of carboxylic acids is 1. The van der Waals surface area contributed by atoms with Crippen LogP contribution in [0.2, 0.25) is 0 Å². The van der Waals surface area contributed by atoms with Gasteiger partial charge in [-0.1, -0.05) is 0 Å². The van der Waals surface area contributed by atoms with E-state index in [4.69, 9.17) is 10.2 Å². The number of thioether (sulfide) groups is 1. The van der Waals surface area contributed by atoms with Crippen molar-refractivity contribution in [2.24, 2.45) is 0 Å². The summed E-state index contributed by atoms with van der Waals surface area (Å²) in [5.41, 5.74) is -0.178. The predicted molar refractivity (Wildman–Crippen MR) is 72.6 cm³/mol. The Kier molecular flexibility index (Phi) is 6.91. The number of pyridine rings is 1. The molecule has 0 unspecified atom stereocenters. The second-order valence-corrected chi connectivity index (χ2v) is 4.87. The fraction of sp³-hybridized carbons (Fsp3) is 0.417. The van der Waals surface area contributed by atoms with E-state index in [1.165, 1.54) is 18.3 Å². The predicted octanol–water partition coefficient (Wildman–Crippen LogP) is 0.625. The number of aliphatic hydroxyl groups excluding tert-OH is 1.